The third-order valence-electron chi connectivity index (χ3n) is 6.11. The van der Waals surface area contributed by atoms with E-state index in [0.29, 0.717) is 33.6 Å². The van der Waals surface area contributed by atoms with Gasteiger partial charge in [0.2, 0.25) is 11.6 Å². The molecule has 1 unspecified atom stereocenters. The summed E-state index contributed by atoms with van der Waals surface area (Å²) in [5.41, 5.74) is 7.07. The third-order valence-corrected chi connectivity index (χ3v) is 7.56. The highest BCUT2D eigenvalue weighted by atomic mass is 35.5. The summed E-state index contributed by atoms with van der Waals surface area (Å²) in [5, 5.41) is 11.3. The number of esters is 1. The van der Waals surface area contributed by atoms with Gasteiger partial charge in [0.25, 0.3) is 0 Å². The van der Waals surface area contributed by atoms with Crippen molar-refractivity contribution >= 4 is 39.0 Å². The van der Waals surface area contributed by atoms with Crippen LogP contribution in [0.2, 0.25) is 5.02 Å². The van der Waals surface area contributed by atoms with Crippen LogP contribution in [0.15, 0.2) is 66.1 Å². The largest absolute Gasteiger partial charge is 0.493 e. The summed E-state index contributed by atoms with van der Waals surface area (Å²) < 4.78 is 28.8. The average molecular weight is 549 g/mol. The Morgan fingerprint density at radius 3 is 2.39 bits per heavy atom. The molecule has 2 N–H and O–H groups in total. The van der Waals surface area contributed by atoms with Crippen LogP contribution >= 0.6 is 22.9 Å². The summed E-state index contributed by atoms with van der Waals surface area (Å²) in [6, 6.07) is 17.7. The summed E-state index contributed by atoms with van der Waals surface area (Å²) >= 11 is 7.86. The maximum absolute atomic E-state index is 13.3. The van der Waals surface area contributed by atoms with Gasteiger partial charge in [0, 0.05) is 20.7 Å². The van der Waals surface area contributed by atoms with E-state index in [4.69, 9.17) is 41.0 Å². The summed E-state index contributed by atoms with van der Waals surface area (Å²) in [5.74, 6) is 0.370. The first-order valence-electron chi connectivity index (χ1n) is 11.3. The van der Waals surface area contributed by atoms with Crippen LogP contribution in [0.5, 0.6) is 28.7 Å². The van der Waals surface area contributed by atoms with Crippen molar-refractivity contribution in [1.29, 1.82) is 5.26 Å². The Morgan fingerprint density at radius 2 is 1.74 bits per heavy atom. The normalized spacial score (nSPS) is 14.3. The minimum Gasteiger partial charge on any atom is -0.493 e. The third kappa shape index (κ3) is 4.24. The zero-order valence-electron chi connectivity index (χ0n) is 20.5. The molecule has 3 aromatic carbocycles. The van der Waals surface area contributed by atoms with E-state index >= 15 is 0 Å². The van der Waals surface area contributed by atoms with Crippen LogP contribution < -0.4 is 29.4 Å². The smallest absolute Gasteiger partial charge is 0.343 e. The second-order valence-electron chi connectivity index (χ2n) is 8.20. The molecule has 0 amide bonds. The number of hydrogen-bond acceptors (Lipinski definition) is 9. The van der Waals surface area contributed by atoms with Crippen LogP contribution in [0.1, 0.15) is 26.7 Å². The van der Waals surface area contributed by atoms with Gasteiger partial charge in [0.05, 0.1) is 37.7 Å². The Balaban J connectivity index is 1.63. The van der Waals surface area contributed by atoms with Gasteiger partial charge in [-0.2, -0.15) is 5.26 Å². The number of thiophene rings is 1. The van der Waals surface area contributed by atoms with Crippen molar-refractivity contribution in [3.63, 3.8) is 0 Å². The fourth-order valence-electron chi connectivity index (χ4n) is 4.39. The van der Waals surface area contributed by atoms with Gasteiger partial charge in [-0.05, 0) is 42.5 Å². The van der Waals surface area contributed by atoms with Crippen molar-refractivity contribution in [3.05, 3.63) is 87.1 Å². The van der Waals surface area contributed by atoms with Gasteiger partial charge in [-0.25, -0.2) is 4.79 Å². The molecule has 0 saturated carbocycles. The highest BCUT2D eigenvalue weighted by Gasteiger charge is 2.36. The van der Waals surface area contributed by atoms with Crippen molar-refractivity contribution < 1.29 is 28.5 Å². The number of ether oxygens (including phenoxy) is 5. The molecule has 4 aromatic rings. The van der Waals surface area contributed by atoms with E-state index in [-0.39, 0.29) is 22.8 Å². The van der Waals surface area contributed by atoms with Gasteiger partial charge in [-0.1, -0.05) is 23.7 Å². The molecule has 1 atom stereocenters. The predicted octanol–water partition coefficient (Wildman–Crippen LogP) is 6.02. The molecule has 0 bridgehead atoms. The number of nitriles is 1. The molecule has 1 aliphatic heterocycles. The van der Waals surface area contributed by atoms with Gasteiger partial charge in [-0.3, -0.25) is 0 Å². The molecule has 10 heteroatoms. The highest BCUT2D eigenvalue weighted by molar-refractivity contribution is 7.19. The van der Waals surface area contributed by atoms with Gasteiger partial charge in [0.1, 0.15) is 17.4 Å². The minimum atomic E-state index is -0.674. The summed E-state index contributed by atoms with van der Waals surface area (Å²) in [6.45, 7) is 0. The van der Waals surface area contributed by atoms with Crippen LogP contribution in [0.4, 0.5) is 0 Å². The molecule has 0 saturated heterocycles. The number of carbonyl (C=O) groups excluding carboxylic acids is 1. The zero-order valence-corrected chi connectivity index (χ0v) is 22.1. The molecule has 0 aliphatic carbocycles. The van der Waals surface area contributed by atoms with Crippen LogP contribution in [-0.2, 0) is 0 Å². The predicted molar refractivity (Wildman–Crippen MR) is 144 cm³/mol. The van der Waals surface area contributed by atoms with Crippen molar-refractivity contribution in [2.24, 2.45) is 5.73 Å². The number of methoxy groups -OCH3 is 3. The first-order valence-corrected chi connectivity index (χ1v) is 12.5. The van der Waals surface area contributed by atoms with Crippen molar-refractivity contribution in [2.75, 3.05) is 21.3 Å². The summed E-state index contributed by atoms with van der Waals surface area (Å²) in [7, 11) is 4.38. The molecule has 0 spiro atoms. The molecule has 0 radical (unpaired) electrons. The van der Waals surface area contributed by atoms with Crippen LogP contribution in [0.3, 0.4) is 0 Å². The Labute approximate surface area is 227 Å². The lowest BCUT2D eigenvalue weighted by Crippen LogP contribution is -2.21. The van der Waals surface area contributed by atoms with E-state index in [2.05, 4.69) is 6.07 Å². The van der Waals surface area contributed by atoms with E-state index in [9.17, 15) is 10.1 Å². The number of allylic oxidation sites excluding steroid dienone is 1. The maximum Gasteiger partial charge on any atom is 0.343 e. The Hall–Kier alpha value is -4.39. The number of fused-ring (bicyclic) bond motifs is 3. The maximum atomic E-state index is 13.3. The number of halogens is 1. The second-order valence-corrected chi connectivity index (χ2v) is 9.72. The van der Waals surface area contributed by atoms with Crippen molar-refractivity contribution in [2.45, 2.75) is 5.92 Å². The molecule has 1 aliphatic rings. The first-order chi connectivity index (χ1) is 18.4. The van der Waals surface area contributed by atoms with Crippen LogP contribution in [0, 0.1) is 11.3 Å². The lowest BCUT2D eigenvalue weighted by atomic mass is 9.87. The molecule has 1 aromatic heterocycles. The lowest BCUT2D eigenvalue weighted by molar-refractivity contribution is 0.0732. The second kappa shape index (κ2) is 10.2. The number of carbonyl (C=O) groups is 1. The van der Waals surface area contributed by atoms with Crippen LogP contribution in [0.25, 0.3) is 10.1 Å². The number of benzene rings is 3. The van der Waals surface area contributed by atoms with Crippen LogP contribution in [-0.4, -0.2) is 27.3 Å². The molecule has 192 valence electrons. The van der Waals surface area contributed by atoms with Crippen molar-refractivity contribution in [3.8, 4) is 34.8 Å². The lowest BCUT2D eigenvalue weighted by Gasteiger charge is -2.25. The number of nitrogens with two attached hydrogens (primary N) is 1. The Bertz CT molecular complexity index is 1630. The molecular formula is C28H21ClN2O6S. The molecule has 38 heavy (non-hydrogen) atoms. The van der Waals surface area contributed by atoms with E-state index in [1.807, 2.05) is 24.3 Å². The van der Waals surface area contributed by atoms with Crippen molar-refractivity contribution in [1.82, 2.24) is 0 Å². The number of rotatable bonds is 6. The SMILES string of the molecule is COc1cc(C(=O)Oc2ccc(Cl)cc2C2C(C#N)=C(N)Oc3c2sc2ccccc32)cc(OC)c1OC. The fourth-order valence-corrected chi connectivity index (χ4v) is 5.83. The van der Waals surface area contributed by atoms with Gasteiger partial charge in [-0.15, -0.1) is 11.3 Å². The molecule has 2 heterocycles. The van der Waals surface area contributed by atoms with E-state index in [1.165, 1.54) is 44.8 Å². The molecule has 5 rings (SSSR count). The summed E-state index contributed by atoms with van der Waals surface area (Å²) in [4.78, 5) is 14.1. The Morgan fingerprint density at radius 1 is 1.03 bits per heavy atom. The molecule has 0 fully saturated rings. The minimum absolute atomic E-state index is 0.0181. The van der Waals surface area contributed by atoms with Gasteiger partial charge in [0.15, 0.2) is 17.2 Å². The van der Waals surface area contributed by atoms with Gasteiger partial charge < -0.3 is 29.4 Å². The first kappa shape index (κ1) is 25.3. The Kier molecular flexibility index (Phi) is 6.76. The molecular weight excluding hydrogens is 528 g/mol. The quantitative estimate of drug-likeness (QED) is 0.230. The number of hydrogen-bond donors (Lipinski definition) is 1. The monoisotopic (exact) mass is 548 g/mol. The van der Waals surface area contributed by atoms with E-state index in [0.717, 1.165) is 15.0 Å². The van der Waals surface area contributed by atoms with E-state index in [1.54, 1.807) is 18.2 Å². The fraction of sp³-hybridized carbons (Fsp3) is 0.143. The summed E-state index contributed by atoms with van der Waals surface area (Å²) in [6.07, 6.45) is 0. The average Bonchev–Trinajstić information content (AvgIpc) is 3.30. The zero-order chi connectivity index (χ0) is 27.0. The number of nitrogens with zero attached hydrogens (tertiary/aromatic N) is 1. The topological polar surface area (TPSA) is 113 Å². The highest BCUT2D eigenvalue weighted by Crippen LogP contribution is 2.52. The van der Waals surface area contributed by atoms with Gasteiger partial charge >= 0.3 is 5.97 Å². The standard InChI is InChI=1S/C28H21ClN2O6S/c1-33-20-10-14(11-21(34-2)25(20)35-3)28(32)36-19-9-8-15(29)12-17(19)23-18(13-30)27(31)37-24-16-6-4-5-7-22(16)38-26(23)24/h4-12,23H,31H2,1-3H3. The van der Waals surface area contributed by atoms with E-state index < -0.39 is 11.9 Å². The molecule has 8 nitrogen and oxygen atoms in total.